The molecule has 1 aliphatic rings. The van der Waals surface area contributed by atoms with Gasteiger partial charge < -0.3 is 14.2 Å². The van der Waals surface area contributed by atoms with Crippen LogP contribution in [0.4, 0.5) is 4.79 Å². The molecule has 0 unspecified atom stereocenters. The molecule has 21 heavy (non-hydrogen) atoms. The van der Waals surface area contributed by atoms with Gasteiger partial charge in [-0.05, 0) is 17.8 Å². The number of hydrogen-bond acceptors (Lipinski definition) is 6. The number of carbonyl (C=O) groups excluding carboxylic acids is 2. The summed E-state index contributed by atoms with van der Waals surface area (Å²) in [5, 5.41) is -0.308. The molecular formula is C14H15NO5S. The normalized spacial score (nSPS) is 16.6. The van der Waals surface area contributed by atoms with Gasteiger partial charge in [0.25, 0.3) is 11.1 Å². The van der Waals surface area contributed by atoms with Crippen molar-refractivity contribution in [2.45, 2.75) is 0 Å². The first-order valence-corrected chi connectivity index (χ1v) is 6.85. The molecule has 1 saturated heterocycles. The molecule has 112 valence electrons. The molecule has 0 atom stereocenters. The predicted molar refractivity (Wildman–Crippen MR) is 79.8 cm³/mol. The van der Waals surface area contributed by atoms with Crippen LogP contribution < -0.4 is 14.2 Å². The third kappa shape index (κ3) is 2.82. The van der Waals surface area contributed by atoms with Crippen LogP contribution in [0.15, 0.2) is 17.0 Å². The largest absolute Gasteiger partial charge is 0.496 e. The lowest BCUT2D eigenvalue weighted by molar-refractivity contribution is -0.121. The predicted octanol–water partition coefficient (Wildman–Crippen LogP) is 2.38. The monoisotopic (exact) mass is 309 g/mol. The van der Waals surface area contributed by atoms with Crippen molar-refractivity contribution in [1.82, 2.24) is 4.90 Å². The summed E-state index contributed by atoms with van der Waals surface area (Å²) in [4.78, 5) is 24.9. The molecule has 0 spiro atoms. The second kappa shape index (κ2) is 6.09. The molecule has 0 aromatic heterocycles. The van der Waals surface area contributed by atoms with Crippen LogP contribution in [0.5, 0.6) is 17.2 Å². The molecule has 1 fully saturated rings. The molecule has 0 radical (unpaired) electrons. The van der Waals surface area contributed by atoms with E-state index in [1.165, 1.54) is 28.4 Å². The van der Waals surface area contributed by atoms with E-state index in [2.05, 4.69) is 0 Å². The maximum Gasteiger partial charge on any atom is 0.293 e. The SMILES string of the molecule is COc1cc(OC)c(C=C2SC(=O)N(C)C2=O)c(OC)c1. The summed E-state index contributed by atoms with van der Waals surface area (Å²) in [5.41, 5.74) is 0.583. The number of methoxy groups -OCH3 is 3. The maximum atomic E-state index is 12.0. The highest BCUT2D eigenvalue weighted by Crippen LogP contribution is 2.39. The Labute approximate surface area is 126 Å². The third-order valence-electron chi connectivity index (χ3n) is 3.02. The Kier molecular flexibility index (Phi) is 4.42. The maximum absolute atomic E-state index is 12.0. The van der Waals surface area contributed by atoms with Crippen molar-refractivity contribution >= 4 is 29.0 Å². The van der Waals surface area contributed by atoms with Crippen LogP contribution in [-0.2, 0) is 4.79 Å². The summed E-state index contributed by atoms with van der Waals surface area (Å²) in [7, 11) is 6.01. The summed E-state index contributed by atoms with van der Waals surface area (Å²) in [6.45, 7) is 0. The highest BCUT2D eigenvalue weighted by Gasteiger charge is 2.32. The van der Waals surface area contributed by atoms with Crippen LogP contribution >= 0.6 is 11.8 Å². The van der Waals surface area contributed by atoms with E-state index in [1.54, 1.807) is 18.2 Å². The van der Waals surface area contributed by atoms with Crippen molar-refractivity contribution in [2.24, 2.45) is 0 Å². The van der Waals surface area contributed by atoms with Gasteiger partial charge in [-0.1, -0.05) is 0 Å². The van der Waals surface area contributed by atoms with Crippen molar-refractivity contribution in [3.8, 4) is 17.2 Å². The number of rotatable bonds is 4. The van der Waals surface area contributed by atoms with E-state index in [1.807, 2.05) is 0 Å². The lowest BCUT2D eigenvalue weighted by Crippen LogP contribution is -2.22. The average Bonchev–Trinajstić information content (AvgIpc) is 2.74. The Morgan fingerprint density at radius 3 is 2.00 bits per heavy atom. The summed E-state index contributed by atoms with van der Waals surface area (Å²) in [6.07, 6.45) is 1.59. The zero-order valence-electron chi connectivity index (χ0n) is 12.1. The van der Waals surface area contributed by atoms with Gasteiger partial charge in [0.05, 0.1) is 31.8 Å². The standard InChI is InChI=1S/C14H15NO5S/c1-15-13(16)12(21-14(15)17)7-9-10(19-3)5-8(18-2)6-11(9)20-4/h5-7H,1-4H3. The molecule has 2 amide bonds. The van der Waals surface area contributed by atoms with Gasteiger partial charge in [-0.2, -0.15) is 0 Å². The Balaban J connectivity index is 2.53. The number of likely N-dealkylation sites (N-methyl/N-ethyl adjacent to an activating group) is 1. The number of hydrogen-bond donors (Lipinski definition) is 0. The molecule has 2 rings (SSSR count). The molecule has 7 heteroatoms. The van der Waals surface area contributed by atoms with Crippen LogP contribution in [0, 0.1) is 0 Å². The summed E-state index contributed by atoms with van der Waals surface area (Å²) in [6, 6.07) is 3.37. The van der Waals surface area contributed by atoms with Gasteiger partial charge in [0, 0.05) is 19.2 Å². The minimum atomic E-state index is -0.343. The van der Waals surface area contributed by atoms with Crippen molar-refractivity contribution in [3.05, 3.63) is 22.6 Å². The van der Waals surface area contributed by atoms with Gasteiger partial charge in [0.2, 0.25) is 0 Å². The van der Waals surface area contributed by atoms with E-state index in [9.17, 15) is 9.59 Å². The number of ether oxygens (including phenoxy) is 3. The van der Waals surface area contributed by atoms with Crippen LogP contribution in [0.25, 0.3) is 6.08 Å². The Morgan fingerprint density at radius 2 is 1.62 bits per heavy atom. The molecule has 1 aliphatic heterocycles. The zero-order valence-corrected chi connectivity index (χ0v) is 12.9. The highest BCUT2D eigenvalue weighted by atomic mass is 32.2. The molecular weight excluding hydrogens is 294 g/mol. The van der Waals surface area contributed by atoms with Gasteiger partial charge in [0.1, 0.15) is 17.2 Å². The number of imide groups is 1. The fraction of sp³-hybridized carbons (Fsp3) is 0.286. The van der Waals surface area contributed by atoms with Gasteiger partial charge in [-0.25, -0.2) is 0 Å². The van der Waals surface area contributed by atoms with Crippen LogP contribution in [-0.4, -0.2) is 44.4 Å². The van der Waals surface area contributed by atoms with Crippen molar-refractivity contribution in [2.75, 3.05) is 28.4 Å². The number of nitrogens with zero attached hydrogens (tertiary/aromatic N) is 1. The quantitative estimate of drug-likeness (QED) is 0.796. The molecule has 0 aliphatic carbocycles. The second-order valence-corrected chi connectivity index (χ2v) is 5.18. The number of thioether (sulfide) groups is 1. The zero-order chi connectivity index (χ0) is 15.6. The van der Waals surface area contributed by atoms with Gasteiger partial charge >= 0.3 is 0 Å². The summed E-state index contributed by atoms with van der Waals surface area (Å²) in [5.74, 6) is 1.22. The average molecular weight is 309 g/mol. The number of carbonyl (C=O) groups is 2. The first kappa shape index (κ1) is 15.2. The second-order valence-electron chi connectivity index (χ2n) is 4.19. The third-order valence-corrected chi connectivity index (χ3v) is 3.98. The summed E-state index contributed by atoms with van der Waals surface area (Å²) >= 11 is 0.881. The van der Waals surface area contributed by atoms with Gasteiger partial charge in [-0.3, -0.25) is 14.5 Å². The van der Waals surface area contributed by atoms with E-state index in [-0.39, 0.29) is 11.1 Å². The van der Waals surface area contributed by atoms with E-state index in [4.69, 9.17) is 14.2 Å². The van der Waals surface area contributed by atoms with E-state index >= 15 is 0 Å². The van der Waals surface area contributed by atoms with Crippen LogP contribution in [0.1, 0.15) is 5.56 Å². The first-order valence-electron chi connectivity index (χ1n) is 6.03. The lowest BCUT2D eigenvalue weighted by Gasteiger charge is -2.12. The Bertz CT molecular complexity index is 601. The summed E-state index contributed by atoms with van der Waals surface area (Å²) < 4.78 is 15.8. The first-order chi connectivity index (χ1) is 10.0. The van der Waals surface area contributed by atoms with Crippen LogP contribution in [0.2, 0.25) is 0 Å². The van der Waals surface area contributed by atoms with Crippen LogP contribution in [0.3, 0.4) is 0 Å². The topological polar surface area (TPSA) is 65.1 Å². The molecule has 6 nitrogen and oxygen atoms in total. The van der Waals surface area contributed by atoms with Crippen molar-refractivity contribution < 1.29 is 23.8 Å². The molecule has 1 aromatic rings. The van der Waals surface area contributed by atoms with Gasteiger partial charge in [-0.15, -0.1) is 0 Å². The van der Waals surface area contributed by atoms with Gasteiger partial charge in [0.15, 0.2) is 0 Å². The number of amides is 2. The fourth-order valence-corrected chi connectivity index (χ4v) is 2.66. The Morgan fingerprint density at radius 1 is 1.05 bits per heavy atom. The Hall–Kier alpha value is -2.15. The fourth-order valence-electron chi connectivity index (χ4n) is 1.85. The highest BCUT2D eigenvalue weighted by molar-refractivity contribution is 8.18. The van der Waals surface area contributed by atoms with E-state index in [0.717, 1.165) is 16.7 Å². The molecule has 0 saturated carbocycles. The molecule has 0 bridgehead atoms. The molecule has 0 N–H and O–H groups in total. The lowest BCUT2D eigenvalue weighted by atomic mass is 10.1. The molecule has 1 aromatic carbocycles. The molecule has 1 heterocycles. The number of benzene rings is 1. The van der Waals surface area contributed by atoms with Crippen molar-refractivity contribution in [1.29, 1.82) is 0 Å². The van der Waals surface area contributed by atoms with Crippen molar-refractivity contribution in [3.63, 3.8) is 0 Å². The smallest absolute Gasteiger partial charge is 0.293 e. The minimum Gasteiger partial charge on any atom is -0.496 e. The minimum absolute atomic E-state index is 0.308. The van der Waals surface area contributed by atoms with E-state index < -0.39 is 0 Å². The van der Waals surface area contributed by atoms with E-state index in [0.29, 0.717) is 27.7 Å².